The fourth-order valence-electron chi connectivity index (χ4n) is 1.49. The summed E-state index contributed by atoms with van der Waals surface area (Å²) in [5.41, 5.74) is 5.94. The molecule has 7 heteroatoms. The number of esters is 1. The Hall–Kier alpha value is -2.41. The molecule has 98 valence electrons. The molecule has 2 rings (SSSR count). The number of nitrogens with one attached hydrogen (secondary N) is 2. The van der Waals surface area contributed by atoms with Gasteiger partial charge in [0, 0.05) is 0 Å². The molecule has 1 amide bonds. The van der Waals surface area contributed by atoms with Gasteiger partial charge in [-0.25, -0.2) is 9.78 Å². The van der Waals surface area contributed by atoms with Crippen molar-refractivity contribution in [2.24, 2.45) is 0 Å². The highest BCUT2D eigenvalue weighted by atomic mass is 32.1. The summed E-state index contributed by atoms with van der Waals surface area (Å²) in [7, 11) is 1.30. The lowest BCUT2D eigenvalue weighted by Gasteiger charge is -1.99. The zero-order valence-corrected chi connectivity index (χ0v) is 10.9. The first-order valence-corrected chi connectivity index (χ1v) is 6.17. The summed E-state index contributed by atoms with van der Waals surface area (Å²) in [5, 5.41) is 0.409. The van der Waals surface area contributed by atoms with Gasteiger partial charge in [0.25, 0.3) is 0 Å². The van der Waals surface area contributed by atoms with Gasteiger partial charge in [0.1, 0.15) is 0 Å². The average Bonchev–Trinajstić information content (AvgIpc) is 2.89. The van der Waals surface area contributed by atoms with Gasteiger partial charge in [0.05, 0.1) is 12.0 Å². The van der Waals surface area contributed by atoms with Crippen molar-refractivity contribution in [3.05, 3.63) is 36.0 Å². The molecule has 0 aliphatic heterocycles. The Morgan fingerprint density at radius 2 is 2.11 bits per heavy atom. The van der Waals surface area contributed by atoms with Crippen LogP contribution < -0.4 is 10.9 Å². The number of methoxy groups -OCH3 is 1. The lowest BCUT2D eigenvalue weighted by Crippen LogP contribution is -2.18. The van der Waals surface area contributed by atoms with Crippen molar-refractivity contribution in [1.82, 2.24) is 10.4 Å². The second kappa shape index (κ2) is 5.96. The summed E-state index contributed by atoms with van der Waals surface area (Å²) in [6, 6.07) is 9.36. The third kappa shape index (κ3) is 2.89. The Morgan fingerprint density at radius 3 is 2.74 bits per heavy atom. The maximum absolute atomic E-state index is 11.7. The van der Waals surface area contributed by atoms with Crippen LogP contribution in [0.3, 0.4) is 0 Å². The second-order valence-corrected chi connectivity index (χ2v) is 4.44. The summed E-state index contributed by atoms with van der Waals surface area (Å²) in [5.74, 6) is -0.519. The van der Waals surface area contributed by atoms with Crippen molar-refractivity contribution in [2.45, 2.75) is 0 Å². The summed E-state index contributed by atoms with van der Waals surface area (Å²) in [6.07, 6.45) is 0.488. The Morgan fingerprint density at radius 1 is 1.37 bits per heavy atom. The standard InChI is InChI=1S/C12H11N3O3S/c1-18-11(17)9-10(8-5-3-2-4-6-8)19-12(14-9)15-13-7-16/h2-7H,1H3,(H,13,16)(H,14,15). The van der Waals surface area contributed by atoms with E-state index in [1.54, 1.807) is 0 Å². The van der Waals surface area contributed by atoms with Gasteiger partial charge in [-0.1, -0.05) is 41.7 Å². The van der Waals surface area contributed by atoms with Crippen molar-refractivity contribution < 1.29 is 14.3 Å². The number of amides is 1. The molecule has 0 unspecified atom stereocenters. The lowest BCUT2D eigenvalue weighted by molar-refractivity contribution is -0.109. The molecule has 1 aromatic carbocycles. The molecule has 0 bridgehead atoms. The first kappa shape index (κ1) is 13.0. The highest BCUT2D eigenvalue weighted by Crippen LogP contribution is 2.33. The number of carbonyl (C=O) groups excluding carboxylic acids is 2. The fraction of sp³-hybridized carbons (Fsp3) is 0.0833. The summed E-state index contributed by atoms with van der Waals surface area (Å²) in [4.78, 5) is 26.7. The molecule has 0 spiro atoms. The van der Waals surface area contributed by atoms with E-state index in [1.165, 1.54) is 18.4 Å². The first-order chi connectivity index (χ1) is 9.26. The molecule has 0 saturated carbocycles. The molecule has 0 aliphatic carbocycles. The molecule has 1 heterocycles. The molecule has 0 fully saturated rings. The smallest absolute Gasteiger partial charge is 0.358 e. The van der Waals surface area contributed by atoms with Crippen LogP contribution in [0.2, 0.25) is 0 Å². The number of carbonyl (C=O) groups is 2. The molecule has 19 heavy (non-hydrogen) atoms. The predicted octanol–water partition coefficient (Wildman–Crippen LogP) is 1.67. The normalized spacial score (nSPS) is 9.74. The molecule has 0 saturated heterocycles. The SMILES string of the molecule is COC(=O)c1nc(NNC=O)sc1-c1ccccc1. The zero-order valence-electron chi connectivity index (χ0n) is 10.0. The van der Waals surface area contributed by atoms with Crippen LogP contribution in [0.1, 0.15) is 10.5 Å². The number of aromatic nitrogens is 1. The molecule has 0 atom stereocenters. The van der Waals surface area contributed by atoms with Crippen LogP contribution in [0.5, 0.6) is 0 Å². The van der Waals surface area contributed by atoms with Gasteiger partial charge < -0.3 is 4.74 Å². The number of rotatable bonds is 5. The third-order valence-electron chi connectivity index (χ3n) is 2.28. The maximum atomic E-state index is 11.7. The van der Waals surface area contributed by atoms with Gasteiger partial charge in [0.2, 0.25) is 11.5 Å². The van der Waals surface area contributed by atoms with Gasteiger partial charge in [-0.2, -0.15) is 0 Å². The number of nitrogens with zero attached hydrogens (tertiary/aromatic N) is 1. The predicted molar refractivity (Wildman–Crippen MR) is 71.7 cm³/mol. The van der Waals surface area contributed by atoms with Crippen LogP contribution in [0.4, 0.5) is 5.13 Å². The average molecular weight is 277 g/mol. The number of ether oxygens (including phenoxy) is 1. The van der Waals surface area contributed by atoms with Crippen molar-refractivity contribution in [1.29, 1.82) is 0 Å². The third-order valence-corrected chi connectivity index (χ3v) is 3.30. The monoisotopic (exact) mass is 277 g/mol. The van der Waals surface area contributed by atoms with Crippen molar-refractivity contribution in [2.75, 3.05) is 12.5 Å². The van der Waals surface area contributed by atoms with E-state index in [-0.39, 0.29) is 5.69 Å². The van der Waals surface area contributed by atoms with Crippen molar-refractivity contribution in [3.63, 3.8) is 0 Å². The van der Waals surface area contributed by atoms with Crippen LogP contribution in [-0.2, 0) is 9.53 Å². The van der Waals surface area contributed by atoms with Crippen molar-refractivity contribution >= 4 is 28.8 Å². The molecular weight excluding hydrogens is 266 g/mol. The molecular formula is C12H11N3O3S. The number of thiazole rings is 1. The molecule has 6 nitrogen and oxygen atoms in total. The van der Waals surface area contributed by atoms with Crippen LogP contribution in [0, 0.1) is 0 Å². The number of hydrogen-bond acceptors (Lipinski definition) is 6. The van der Waals surface area contributed by atoms with Crippen LogP contribution in [0.25, 0.3) is 10.4 Å². The Bertz CT molecular complexity index is 583. The van der Waals surface area contributed by atoms with Gasteiger partial charge in [0.15, 0.2) is 5.69 Å². The number of benzene rings is 1. The van der Waals surface area contributed by atoms with Gasteiger partial charge in [-0.3, -0.25) is 15.6 Å². The minimum Gasteiger partial charge on any atom is -0.464 e. The summed E-state index contributed by atoms with van der Waals surface area (Å²) >= 11 is 1.25. The largest absolute Gasteiger partial charge is 0.464 e. The topological polar surface area (TPSA) is 80.3 Å². The Kier molecular flexibility index (Phi) is 4.09. The lowest BCUT2D eigenvalue weighted by atomic mass is 10.1. The molecule has 0 radical (unpaired) electrons. The molecule has 2 N–H and O–H groups in total. The van der Waals surface area contributed by atoms with E-state index in [4.69, 9.17) is 4.74 Å². The van der Waals surface area contributed by atoms with Gasteiger partial charge >= 0.3 is 5.97 Å². The van der Waals surface area contributed by atoms with E-state index in [0.29, 0.717) is 16.4 Å². The Labute approximate surface area is 113 Å². The van der Waals surface area contributed by atoms with E-state index in [0.717, 1.165) is 5.56 Å². The molecule has 0 aliphatic rings. The maximum Gasteiger partial charge on any atom is 0.358 e. The van der Waals surface area contributed by atoms with Crippen molar-refractivity contribution in [3.8, 4) is 10.4 Å². The minimum absolute atomic E-state index is 0.217. The van der Waals surface area contributed by atoms with Gasteiger partial charge in [-0.15, -0.1) is 0 Å². The van der Waals surface area contributed by atoms with E-state index < -0.39 is 5.97 Å². The first-order valence-electron chi connectivity index (χ1n) is 5.36. The molecule has 1 aromatic heterocycles. The Balaban J connectivity index is 2.42. The summed E-state index contributed by atoms with van der Waals surface area (Å²) in [6.45, 7) is 0. The fourth-order valence-corrected chi connectivity index (χ4v) is 2.40. The van der Waals surface area contributed by atoms with E-state index in [1.807, 2.05) is 30.3 Å². The highest BCUT2D eigenvalue weighted by Gasteiger charge is 2.19. The highest BCUT2D eigenvalue weighted by molar-refractivity contribution is 7.19. The second-order valence-electron chi connectivity index (χ2n) is 3.44. The summed E-state index contributed by atoms with van der Waals surface area (Å²) < 4.78 is 4.70. The molecule has 2 aromatic rings. The van der Waals surface area contributed by atoms with E-state index >= 15 is 0 Å². The zero-order chi connectivity index (χ0) is 13.7. The number of anilines is 1. The quantitative estimate of drug-likeness (QED) is 0.493. The number of hydrogen-bond donors (Lipinski definition) is 2. The minimum atomic E-state index is -0.519. The van der Waals surface area contributed by atoms with E-state index in [2.05, 4.69) is 15.8 Å². The van der Waals surface area contributed by atoms with E-state index in [9.17, 15) is 9.59 Å². The van der Waals surface area contributed by atoms with Crippen LogP contribution in [-0.4, -0.2) is 24.5 Å². The van der Waals surface area contributed by atoms with Gasteiger partial charge in [-0.05, 0) is 5.56 Å². The number of hydrazine groups is 1. The van der Waals surface area contributed by atoms with Crippen LogP contribution >= 0.6 is 11.3 Å². The van der Waals surface area contributed by atoms with Crippen LogP contribution in [0.15, 0.2) is 30.3 Å².